The minimum Gasteiger partial charge on any atom is -0.492 e. The lowest BCUT2D eigenvalue weighted by Gasteiger charge is -2.11. The van der Waals surface area contributed by atoms with Gasteiger partial charge in [0.25, 0.3) is 0 Å². The van der Waals surface area contributed by atoms with Crippen LogP contribution in [0.5, 0.6) is 5.75 Å². The zero-order valence-electron chi connectivity index (χ0n) is 9.85. The molecule has 1 aromatic carbocycles. The SMILES string of the molecule is CCOc1ccccc1Nc1cc(Cl)nc(N)n1. The third-order valence-corrected chi connectivity index (χ3v) is 2.36. The maximum atomic E-state index is 5.81. The lowest BCUT2D eigenvalue weighted by Crippen LogP contribution is -2.02. The van der Waals surface area contributed by atoms with Crippen LogP contribution in [0.4, 0.5) is 17.5 Å². The van der Waals surface area contributed by atoms with Gasteiger partial charge in [0, 0.05) is 6.07 Å². The van der Waals surface area contributed by atoms with Gasteiger partial charge in [-0.25, -0.2) is 4.98 Å². The molecule has 0 atom stereocenters. The van der Waals surface area contributed by atoms with E-state index in [0.717, 1.165) is 11.4 Å². The van der Waals surface area contributed by atoms with Gasteiger partial charge >= 0.3 is 0 Å². The van der Waals surface area contributed by atoms with Crippen LogP contribution >= 0.6 is 11.6 Å². The van der Waals surface area contributed by atoms with Crippen molar-refractivity contribution in [3.8, 4) is 5.75 Å². The zero-order valence-corrected chi connectivity index (χ0v) is 10.6. The Balaban J connectivity index is 2.27. The number of aromatic nitrogens is 2. The maximum Gasteiger partial charge on any atom is 0.223 e. The quantitative estimate of drug-likeness (QED) is 0.831. The summed E-state index contributed by atoms with van der Waals surface area (Å²) in [4.78, 5) is 7.84. The number of benzene rings is 1. The monoisotopic (exact) mass is 264 g/mol. The fraction of sp³-hybridized carbons (Fsp3) is 0.167. The highest BCUT2D eigenvalue weighted by Gasteiger charge is 2.05. The van der Waals surface area contributed by atoms with E-state index in [4.69, 9.17) is 22.1 Å². The van der Waals surface area contributed by atoms with Crippen LogP contribution in [0.1, 0.15) is 6.92 Å². The van der Waals surface area contributed by atoms with Gasteiger partial charge in [0.2, 0.25) is 5.95 Å². The molecule has 0 bridgehead atoms. The van der Waals surface area contributed by atoms with Crippen molar-refractivity contribution in [3.05, 3.63) is 35.5 Å². The Morgan fingerprint density at radius 2 is 2.11 bits per heavy atom. The van der Waals surface area contributed by atoms with Crippen LogP contribution in [0.3, 0.4) is 0 Å². The Labute approximate surface area is 110 Å². The number of hydrogen-bond donors (Lipinski definition) is 2. The second kappa shape index (κ2) is 5.55. The molecule has 0 amide bonds. The van der Waals surface area contributed by atoms with Crippen molar-refractivity contribution in [2.24, 2.45) is 0 Å². The molecule has 94 valence electrons. The molecule has 1 heterocycles. The van der Waals surface area contributed by atoms with Gasteiger partial charge in [-0.05, 0) is 19.1 Å². The predicted molar refractivity (Wildman–Crippen MR) is 72.3 cm³/mol. The van der Waals surface area contributed by atoms with Crippen LogP contribution in [0.15, 0.2) is 30.3 Å². The lowest BCUT2D eigenvalue weighted by atomic mass is 10.3. The Kier molecular flexibility index (Phi) is 3.84. The first-order chi connectivity index (χ1) is 8.69. The molecule has 0 unspecified atom stereocenters. The minimum atomic E-state index is 0.124. The summed E-state index contributed by atoms with van der Waals surface area (Å²) in [7, 11) is 0. The lowest BCUT2D eigenvalue weighted by molar-refractivity contribution is 0.342. The largest absolute Gasteiger partial charge is 0.492 e. The van der Waals surface area contributed by atoms with E-state index in [1.54, 1.807) is 6.07 Å². The molecule has 0 aliphatic carbocycles. The minimum absolute atomic E-state index is 0.124. The smallest absolute Gasteiger partial charge is 0.223 e. The van der Waals surface area contributed by atoms with Crippen molar-refractivity contribution < 1.29 is 4.74 Å². The molecule has 2 rings (SSSR count). The molecule has 5 nitrogen and oxygen atoms in total. The van der Waals surface area contributed by atoms with Crippen LogP contribution in [-0.2, 0) is 0 Å². The molecule has 6 heteroatoms. The van der Waals surface area contributed by atoms with Crippen molar-refractivity contribution >= 4 is 29.1 Å². The average molecular weight is 265 g/mol. The van der Waals surface area contributed by atoms with E-state index in [2.05, 4.69) is 15.3 Å². The Bertz CT molecular complexity index is 527. The number of para-hydroxylation sites is 2. The van der Waals surface area contributed by atoms with Crippen molar-refractivity contribution in [1.82, 2.24) is 9.97 Å². The normalized spacial score (nSPS) is 10.1. The number of nitrogen functional groups attached to an aromatic ring is 1. The van der Waals surface area contributed by atoms with Gasteiger partial charge in [0.1, 0.15) is 16.7 Å². The standard InChI is InChI=1S/C12H13ClN4O/c1-2-18-9-6-4-3-5-8(9)15-11-7-10(13)16-12(14)17-11/h3-7H,2H2,1H3,(H3,14,15,16,17). The Hall–Kier alpha value is -2.01. The van der Waals surface area contributed by atoms with Crippen molar-refractivity contribution in [2.45, 2.75) is 6.92 Å². The molecule has 2 aromatic rings. The summed E-state index contributed by atoms with van der Waals surface area (Å²) in [6.07, 6.45) is 0. The summed E-state index contributed by atoms with van der Waals surface area (Å²) in [6, 6.07) is 9.16. The van der Waals surface area contributed by atoms with Gasteiger partial charge in [0.05, 0.1) is 12.3 Å². The van der Waals surface area contributed by atoms with Crippen LogP contribution in [-0.4, -0.2) is 16.6 Å². The van der Waals surface area contributed by atoms with E-state index < -0.39 is 0 Å². The highest BCUT2D eigenvalue weighted by molar-refractivity contribution is 6.29. The van der Waals surface area contributed by atoms with Crippen molar-refractivity contribution in [3.63, 3.8) is 0 Å². The fourth-order valence-electron chi connectivity index (χ4n) is 1.49. The van der Waals surface area contributed by atoms with Gasteiger partial charge in [-0.15, -0.1) is 0 Å². The van der Waals surface area contributed by atoms with Crippen LogP contribution in [0, 0.1) is 0 Å². The van der Waals surface area contributed by atoms with Crippen LogP contribution in [0.25, 0.3) is 0 Å². The second-order valence-electron chi connectivity index (χ2n) is 3.49. The Morgan fingerprint density at radius 1 is 1.33 bits per heavy atom. The molecule has 1 aromatic heterocycles. The molecule has 18 heavy (non-hydrogen) atoms. The maximum absolute atomic E-state index is 5.81. The number of hydrogen-bond acceptors (Lipinski definition) is 5. The summed E-state index contributed by atoms with van der Waals surface area (Å²) >= 11 is 5.81. The first-order valence-electron chi connectivity index (χ1n) is 5.48. The molecule has 0 saturated carbocycles. The highest BCUT2D eigenvalue weighted by Crippen LogP contribution is 2.27. The molecule has 0 radical (unpaired) electrons. The summed E-state index contributed by atoms with van der Waals surface area (Å²) in [5.74, 6) is 1.40. The summed E-state index contributed by atoms with van der Waals surface area (Å²) in [6.45, 7) is 2.52. The van der Waals surface area contributed by atoms with Gasteiger partial charge < -0.3 is 15.8 Å². The predicted octanol–water partition coefficient (Wildman–Crippen LogP) is 2.85. The third-order valence-electron chi connectivity index (χ3n) is 2.16. The molecule has 3 N–H and O–H groups in total. The van der Waals surface area contributed by atoms with Crippen molar-refractivity contribution in [1.29, 1.82) is 0 Å². The van der Waals surface area contributed by atoms with E-state index in [0.29, 0.717) is 17.6 Å². The van der Waals surface area contributed by atoms with E-state index >= 15 is 0 Å². The number of anilines is 3. The van der Waals surface area contributed by atoms with Gasteiger partial charge in [-0.3, -0.25) is 0 Å². The molecule has 0 aliphatic heterocycles. The zero-order chi connectivity index (χ0) is 13.0. The number of halogens is 1. The van der Waals surface area contributed by atoms with E-state index in [9.17, 15) is 0 Å². The van der Waals surface area contributed by atoms with E-state index in [-0.39, 0.29) is 5.95 Å². The summed E-state index contributed by atoms with van der Waals surface area (Å²) < 4.78 is 5.50. The third kappa shape index (κ3) is 3.01. The van der Waals surface area contributed by atoms with Crippen LogP contribution in [0.2, 0.25) is 5.15 Å². The Morgan fingerprint density at radius 3 is 2.83 bits per heavy atom. The number of rotatable bonds is 4. The molecule has 0 aliphatic rings. The number of nitrogens with zero attached hydrogens (tertiary/aromatic N) is 2. The molecule has 0 saturated heterocycles. The highest BCUT2D eigenvalue weighted by atomic mass is 35.5. The summed E-state index contributed by atoms with van der Waals surface area (Å²) in [5.41, 5.74) is 6.33. The topological polar surface area (TPSA) is 73.1 Å². The number of nitrogens with one attached hydrogen (secondary N) is 1. The number of ether oxygens (including phenoxy) is 1. The first kappa shape index (κ1) is 12.4. The van der Waals surface area contributed by atoms with E-state index in [1.807, 2.05) is 31.2 Å². The van der Waals surface area contributed by atoms with Gasteiger partial charge in [0.15, 0.2) is 0 Å². The molecular weight excluding hydrogens is 252 g/mol. The summed E-state index contributed by atoms with van der Waals surface area (Å²) in [5, 5.41) is 3.39. The van der Waals surface area contributed by atoms with Gasteiger partial charge in [-0.1, -0.05) is 23.7 Å². The molecule has 0 spiro atoms. The number of nitrogens with two attached hydrogens (primary N) is 1. The van der Waals surface area contributed by atoms with Crippen LogP contribution < -0.4 is 15.8 Å². The first-order valence-corrected chi connectivity index (χ1v) is 5.85. The average Bonchev–Trinajstić information content (AvgIpc) is 2.30. The van der Waals surface area contributed by atoms with Crippen molar-refractivity contribution in [2.75, 3.05) is 17.7 Å². The fourth-order valence-corrected chi connectivity index (χ4v) is 1.68. The van der Waals surface area contributed by atoms with E-state index in [1.165, 1.54) is 0 Å². The second-order valence-corrected chi connectivity index (χ2v) is 3.88. The molecule has 0 fully saturated rings. The van der Waals surface area contributed by atoms with Gasteiger partial charge in [-0.2, -0.15) is 4.98 Å². The molecular formula is C12H13ClN4O.